The highest BCUT2D eigenvalue weighted by Gasteiger charge is 2.46. The minimum absolute atomic E-state index is 0.0216. The highest BCUT2D eigenvalue weighted by atomic mass is 32.2. The molecule has 1 fully saturated rings. The third-order valence-corrected chi connectivity index (χ3v) is 5.59. The smallest absolute Gasteiger partial charge is 0.303 e. The van der Waals surface area contributed by atoms with Crippen molar-refractivity contribution in [3.05, 3.63) is 35.9 Å². The van der Waals surface area contributed by atoms with E-state index >= 15 is 0 Å². The first-order valence-corrected chi connectivity index (χ1v) is 10.5. The fraction of sp³-hybridized carbons (Fsp3) is 0.556. The van der Waals surface area contributed by atoms with Gasteiger partial charge in [-0.25, -0.2) is 8.42 Å². The Morgan fingerprint density at radius 3 is 2.40 bits per heavy atom. The Labute approximate surface area is 148 Å². The first-order valence-electron chi connectivity index (χ1n) is 8.40. The molecule has 2 rings (SSSR count). The lowest BCUT2D eigenvalue weighted by molar-refractivity contribution is -0.137. The summed E-state index contributed by atoms with van der Waals surface area (Å²) in [6.07, 6.45) is 3.73. The average Bonchev–Trinajstić information content (AvgIpc) is 3.22. The van der Waals surface area contributed by atoms with Crippen molar-refractivity contribution >= 4 is 21.7 Å². The van der Waals surface area contributed by atoms with Gasteiger partial charge in [0.15, 0.2) is 0 Å². The van der Waals surface area contributed by atoms with Crippen LogP contribution in [0.2, 0.25) is 0 Å². The van der Waals surface area contributed by atoms with Gasteiger partial charge < -0.3 is 10.4 Å². The van der Waals surface area contributed by atoms with Crippen molar-refractivity contribution in [2.75, 3.05) is 12.0 Å². The van der Waals surface area contributed by atoms with E-state index in [0.717, 1.165) is 18.4 Å². The van der Waals surface area contributed by atoms with Gasteiger partial charge in [0.05, 0.1) is 5.75 Å². The molecule has 6 nitrogen and oxygen atoms in total. The molecule has 25 heavy (non-hydrogen) atoms. The summed E-state index contributed by atoms with van der Waals surface area (Å²) < 4.78 is 23.0. The van der Waals surface area contributed by atoms with Gasteiger partial charge in [-0.1, -0.05) is 30.3 Å². The number of hydrogen-bond acceptors (Lipinski definition) is 4. The van der Waals surface area contributed by atoms with E-state index in [4.69, 9.17) is 5.11 Å². The minimum atomic E-state index is -3.12. The summed E-state index contributed by atoms with van der Waals surface area (Å²) in [5.41, 5.74) is 0.595. The van der Waals surface area contributed by atoms with Gasteiger partial charge in [0.25, 0.3) is 0 Å². The Balaban J connectivity index is 1.95. The van der Waals surface area contributed by atoms with Gasteiger partial charge in [-0.2, -0.15) is 0 Å². The molecule has 0 aromatic heterocycles. The molecule has 1 aliphatic carbocycles. The number of carboxylic acid groups (broad SMARTS) is 1. The molecule has 7 heteroatoms. The maximum atomic E-state index is 12.4. The summed E-state index contributed by atoms with van der Waals surface area (Å²) in [7, 11) is -3.12. The second kappa shape index (κ2) is 7.99. The largest absolute Gasteiger partial charge is 0.481 e. The standard InChI is InChI=1S/C18H25NO5S/c1-25(23,24)13-18(9-10-18)12-16(20)19-15(7-8-17(21)22)11-14-5-3-2-4-6-14/h2-6,15H,7-13H2,1H3,(H,19,20)(H,21,22). The van der Waals surface area contributed by atoms with Crippen LogP contribution in [-0.4, -0.2) is 43.5 Å². The Hall–Kier alpha value is -1.89. The van der Waals surface area contributed by atoms with Crippen molar-refractivity contribution in [1.29, 1.82) is 0 Å². The van der Waals surface area contributed by atoms with Crippen molar-refractivity contribution in [2.45, 2.75) is 44.6 Å². The van der Waals surface area contributed by atoms with Gasteiger partial charge in [0.1, 0.15) is 9.84 Å². The van der Waals surface area contributed by atoms with Crippen LogP contribution in [0.5, 0.6) is 0 Å². The zero-order valence-corrected chi connectivity index (χ0v) is 15.2. The van der Waals surface area contributed by atoms with E-state index in [1.54, 1.807) is 0 Å². The van der Waals surface area contributed by atoms with Gasteiger partial charge in [-0.15, -0.1) is 0 Å². The maximum Gasteiger partial charge on any atom is 0.303 e. The molecule has 1 atom stereocenters. The molecule has 0 saturated heterocycles. The average molecular weight is 367 g/mol. The molecule has 1 amide bonds. The molecule has 2 N–H and O–H groups in total. The fourth-order valence-electron chi connectivity index (χ4n) is 3.15. The van der Waals surface area contributed by atoms with Gasteiger partial charge in [-0.05, 0) is 36.7 Å². The van der Waals surface area contributed by atoms with E-state index in [0.29, 0.717) is 12.8 Å². The molecule has 0 spiro atoms. The monoisotopic (exact) mass is 367 g/mol. The van der Waals surface area contributed by atoms with Gasteiger partial charge >= 0.3 is 5.97 Å². The van der Waals surface area contributed by atoms with Crippen LogP contribution < -0.4 is 5.32 Å². The molecule has 138 valence electrons. The number of amides is 1. The molecule has 1 saturated carbocycles. The van der Waals surface area contributed by atoms with Crippen LogP contribution in [0.25, 0.3) is 0 Å². The SMILES string of the molecule is CS(=O)(=O)CC1(CC(=O)NC(CCC(=O)O)Cc2ccccc2)CC1. The summed E-state index contributed by atoms with van der Waals surface area (Å²) in [5, 5.41) is 11.8. The van der Waals surface area contributed by atoms with Crippen molar-refractivity contribution in [2.24, 2.45) is 5.41 Å². The van der Waals surface area contributed by atoms with Crippen LogP contribution in [0.3, 0.4) is 0 Å². The molecule has 1 aliphatic rings. The molecule has 0 bridgehead atoms. The Bertz CT molecular complexity index is 710. The second-order valence-corrected chi connectivity index (χ2v) is 9.27. The van der Waals surface area contributed by atoms with E-state index in [-0.39, 0.29) is 30.5 Å². The Morgan fingerprint density at radius 1 is 1.24 bits per heavy atom. The Kier molecular flexibility index (Phi) is 6.21. The van der Waals surface area contributed by atoms with Crippen molar-refractivity contribution < 1.29 is 23.1 Å². The maximum absolute atomic E-state index is 12.4. The van der Waals surface area contributed by atoms with E-state index in [1.807, 2.05) is 30.3 Å². The zero-order valence-electron chi connectivity index (χ0n) is 14.4. The minimum Gasteiger partial charge on any atom is -0.481 e. The predicted octanol–water partition coefficient (Wildman–Crippen LogP) is 1.79. The molecular formula is C18H25NO5S. The van der Waals surface area contributed by atoms with Crippen LogP contribution in [0.1, 0.15) is 37.7 Å². The summed E-state index contributed by atoms with van der Waals surface area (Å²) in [4.78, 5) is 23.2. The third kappa shape index (κ3) is 7.25. The normalized spacial score (nSPS) is 16.8. The van der Waals surface area contributed by atoms with Crippen molar-refractivity contribution in [1.82, 2.24) is 5.32 Å². The summed E-state index contributed by atoms with van der Waals surface area (Å²) in [6.45, 7) is 0. The number of rotatable bonds is 10. The Morgan fingerprint density at radius 2 is 1.88 bits per heavy atom. The van der Waals surface area contributed by atoms with E-state index in [9.17, 15) is 18.0 Å². The molecule has 1 aromatic carbocycles. The third-order valence-electron chi connectivity index (χ3n) is 4.46. The molecular weight excluding hydrogens is 342 g/mol. The number of carbonyl (C=O) groups excluding carboxylic acids is 1. The van der Waals surface area contributed by atoms with Crippen LogP contribution in [0, 0.1) is 5.41 Å². The molecule has 1 unspecified atom stereocenters. The highest BCUT2D eigenvalue weighted by molar-refractivity contribution is 7.90. The molecule has 0 radical (unpaired) electrons. The van der Waals surface area contributed by atoms with Crippen molar-refractivity contribution in [3.63, 3.8) is 0 Å². The van der Waals surface area contributed by atoms with E-state index in [2.05, 4.69) is 5.32 Å². The van der Waals surface area contributed by atoms with Gasteiger partial charge in [0.2, 0.25) is 5.91 Å². The lowest BCUT2D eigenvalue weighted by atomic mass is 10.00. The van der Waals surface area contributed by atoms with Crippen LogP contribution >= 0.6 is 0 Å². The van der Waals surface area contributed by atoms with Gasteiger partial charge in [-0.3, -0.25) is 9.59 Å². The molecule has 0 heterocycles. The number of carboxylic acids is 1. The number of hydrogen-bond donors (Lipinski definition) is 2. The van der Waals surface area contributed by atoms with Crippen LogP contribution in [0.15, 0.2) is 30.3 Å². The number of benzene rings is 1. The lowest BCUT2D eigenvalue weighted by Crippen LogP contribution is -2.38. The quantitative estimate of drug-likeness (QED) is 0.657. The van der Waals surface area contributed by atoms with Crippen LogP contribution in [0.4, 0.5) is 0 Å². The molecule has 1 aromatic rings. The number of sulfone groups is 1. The van der Waals surface area contributed by atoms with E-state index in [1.165, 1.54) is 6.26 Å². The highest BCUT2D eigenvalue weighted by Crippen LogP contribution is 2.49. The first-order chi connectivity index (χ1) is 11.7. The predicted molar refractivity (Wildman–Crippen MR) is 94.9 cm³/mol. The zero-order chi connectivity index (χ0) is 18.5. The summed E-state index contributed by atoms with van der Waals surface area (Å²) >= 11 is 0. The summed E-state index contributed by atoms with van der Waals surface area (Å²) in [6, 6.07) is 9.29. The first kappa shape index (κ1) is 19.4. The van der Waals surface area contributed by atoms with Crippen LogP contribution in [-0.2, 0) is 25.8 Å². The topological polar surface area (TPSA) is 101 Å². The number of nitrogens with one attached hydrogen (secondary N) is 1. The summed E-state index contributed by atoms with van der Waals surface area (Å²) in [5.74, 6) is -1.07. The number of carbonyl (C=O) groups is 2. The second-order valence-electron chi connectivity index (χ2n) is 7.13. The lowest BCUT2D eigenvalue weighted by Gasteiger charge is -2.20. The molecule has 0 aliphatic heterocycles. The fourth-order valence-corrected chi connectivity index (χ4v) is 4.65. The van der Waals surface area contributed by atoms with Gasteiger partial charge in [0, 0.05) is 25.1 Å². The number of aliphatic carboxylic acids is 1. The van der Waals surface area contributed by atoms with Crippen molar-refractivity contribution in [3.8, 4) is 0 Å². The van der Waals surface area contributed by atoms with E-state index < -0.39 is 21.2 Å².